The summed E-state index contributed by atoms with van der Waals surface area (Å²) >= 11 is 5.91. The van der Waals surface area contributed by atoms with Crippen molar-refractivity contribution in [1.82, 2.24) is 4.90 Å². The van der Waals surface area contributed by atoms with Crippen molar-refractivity contribution in [1.29, 1.82) is 0 Å². The van der Waals surface area contributed by atoms with Crippen LogP contribution in [0.25, 0.3) is 0 Å². The van der Waals surface area contributed by atoms with Gasteiger partial charge in [-0.15, -0.1) is 0 Å². The Morgan fingerprint density at radius 2 is 2.22 bits per heavy atom. The number of aliphatic hydroxyl groups is 1. The maximum absolute atomic E-state index is 13.7. The number of piperidine rings is 1. The summed E-state index contributed by atoms with van der Waals surface area (Å²) in [6, 6.07) is 5.05. The van der Waals surface area contributed by atoms with Crippen molar-refractivity contribution in [3.05, 3.63) is 34.6 Å². The smallest absolute Gasteiger partial charge is 0.127 e. The van der Waals surface area contributed by atoms with Gasteiger partial charge >= 0.3 is 0 Å². The number of aliphatic hydroxyl groups excluding tert-OH is 1. The van der Waals surface area contributed by atoms with Gasteiger partial charge < -0.3 is 5.11 Å². The minimum Gasteiger partial charge on any atom is -0.396 e. The summed E-state index contributed by atoms with van der Waals surface area (Å²) in [6.07, 6.45) is 4.19. The first kappa shape index (κ1) is 13.8. The first-order chi connectivity index (χ1) is 8.70. The van der Waals surface area contributed by atoms with Gasteiger partial charge in [-0.25, -0.2) is 4.39 Å². The van der Waals surface area contributed by atoms with Gasteiger partial charge in [0.1, 0.15) is 5.82 Å². The number of benzene rings is 1. The molecule has 1 fully saturated rings. The molecule has 1 aromatic carbocycles. The highest BCUT2D eigenvalue weighted by Gasteiger charge is 2.22. The van der Waals surface area contributed by atoms with Gasteiger partial charge in [0, 0.05) is 29.8 Å². The molecule has 0 aliphatic carbocycles. The van der Waals surface area contributed by atoms with E-state index in [4.69, 9.17) is 16.7 Å². The predicted molar refractivity (Wildman–Crippen MR) is 71.2 cm³/mol. The monoisotopic (exact) mass is 271 g/mol. The fourth-order valence-electron chi connectivity index (χ4n) is 2.63. The van der Waals surface area contributed by atoms with Gasteiger partial charge in [0.15, 0.2) is 0 Å². The fraction of sp³-hybridized carbons (Fsp3) is 0.571. The van der Waals surface area contributed by atoms with Crippen molar-refractivity contribution in [2.75, 3.05) is 13.2 Å². The van der Waals surface area contributed by atoms with E-state index in [1.54, 1.807) is 12.1 Å². The average molecular weight is 272 g/mol. The third-order valence-corrected chi connectivity index (χ3v) is 3.83. The van der Waals surface area contributed by atoms with Crippen LogP contribution >= 0.6 is 11.6 Å². The summed E-state index contributed by atoms with van der Waals surface area (Å²) in [7, 11) is 0. The van der Waals surface area contributed by atoms with Crippen molar-refractivity contribution >= 4 is 11.6 Å². The fourth-order valence-corrected chi connectivity index (χ4v) is 2.82. The first-order valence-electron chi connectivity index (χ1n) is 6.49. The van der Waals surface area contributed by atoms with Crippen LogP contribution in [0.5, 0.6) is 0 Å². The molecule has 0 radical (unpaired) electrons. The predicted octanol–water partition coefficient (Wildman–Crippen LogP) is 3.22. The van der Waals surface area contributed by atoms with E-state index in [0.29, 0.717) is 23.2 Å². The number of halogens is 2. The molecular formula is C14H19ClFNO. The Balaban J connectivity index is 2.08. The number of hydrogen-bond acceptors (Lipinski definition) is 2. The highest BCUT2D eigenvalue weighted by Crippen LogP contribution is 2.24. The Bertz CT molecular complexity index is 397. The van der Waals surface area contributed by atoms with E-state index in [2.05, 4.69) is 4.90 Å². The molecule has 1 heterocycles. The molecule has 1 aliphatic rings. The van der Waals surface area contributed by atoms with Crippen LogP contribution in [0.4, 0.5) is 4.39 Å². The van der Waals surface area contributed by atoms with E-state index >= 15 is 0 Å². The molecule has 0 spiro atoms. The van der Waals surface area contributed by atoms with Crippen LogP contribution in [-0.4, -0.2) is 29.2 Å². The molecule has 100 valence electrons. The summed E-state index contributed by atoms with van der Waals surface area (Å²) in [5.41, 5.74) is 0.646. The molecule has 0 bridgehead atoms. The zero-order chi connectivity index (χ0) is 13.0. The van der Waals surface area contributed by atoms with Gasteiger partial charge in [0.2, 0.25) is 0 Å². The summed E-state index contributed by atoms with van der Waals surface area (Å²) in [5, 5.41) is 9.65. The van der Waals surface area contributed by atoms with Crippen LogP contribution in [0.3, 0.4) is 0 Å². The van der Waals surface area contributed by atoms with Crippen LogP contribution in [0.2, 0.25) is 5.02 Å². The summed E-state index contributed by atoms with van der Waals surface area (Å²) in [5.74, 6) is -0.201. The lowest BCUT2D eigenvalue weighted by molar-refractivity contribution is 0.111. The molecule has 1 aromatic rings. The Kier molecular flexibility index (Phi) is 4.98. The zero-order valence-electron chi connectivity index (χ0n) is 10.4. The highest BCUT2D eigenvalue weighted by molar-refractivity contribution is 6.30. The topological polar surface area (TPSA) is 23.5 Å². The molecule has 1 atom stereocenters. The maximum atomic E-state index is 13.7. The van der Waals surface area contributed by atoms with Crippen molar-refractivity contribution < 1.29 is 9.50 Å². The molecule has 4 heteroatoms. The molecule has 1 N–H and O–H groups in total. The van der Waals surface area contributed by atoms with E-state index < -0.39 is 0 Å². The van der Waals surface area contributed by atoms with Gasteiger partial charge in [-0.2, -0.15) is 0 Å². The van der Waals surface area contributed by atoms with Crippen LogP contribution in [-0.2, 0) is 6.54 Å². The summed E-state index contributed by atoms with van der Waals surface area (Å²) < 4.78 is 13.7. The molecule has 2 rings (SSSR count). The Morgan fingerprint density at radius 3 is 3.00 bits per heavy atom. The second kappa shape index (κ2) is 6.50. The second-order valence-electron chi connectivity index (χ2n) is 4.87. The third-order valence-electron chi connectivity index (χ3n) is 3.59. The third kappa shape index (κ3) is 3.44. The standard InChI is InChI=1S/C14H19ClFNO/c15-12-4-5-14(16)11(9-12)10-17-7-2-1-3-13(17)6-8-18/h4-5,9,13,18H,1-3,6-8,10H2. The summed E-state index contributed by atoms with van der Waals surface area (Å²) in [6.45, 7) is 1.74. The molecular weight excluding hydrogens is 253 g/mol. The van der Waals surface area contributed by atoms with Crippen LogP contribution in [0, 0.1) is 5.82 Å². The lowest BCUT2D eigenvalue weighted by Crippen LogP contribution is -2.39. The Hall–Kier alpha value is -0.640. The van der Waals surface area contributed by atoms with E-state index in [-0.39, 0.29) is 12.4 Å². The second-order valence-corrected chi connectivity index (χ2v) is 5.30. The molecule has 18 heavy (non-hydrogen) atoms. The van der Waals surface area contributed by atoms with Crippen molar-refractivity contribution in [2.45, 2.75) is 38.3 Å². The zero-order valence-corrected chi connectivity index (χ0v) is 11.2. The minimum atomic E-state index is -0.201. The Labute approximate surface area is 112 Å². The maximum Gasteiger partial charge on any atom is 0.127 e. The number of nitrogens with zero attached hydrogens (tertiary/aromatic N) is 1. The molecule has 1 aliphatic heterocycles. The molecule has 0 aromatic heterocycles. The molecule has 0 saturated carbocycles. The van der Waals surface area contributed by atoms with E-state index in [1.807, 2.05) is 0 Å². The first-order valence-corrected chi connectivity index (χ1v) is 6.87. The van der Waals surface area contributed by atoms with Crippen molar-refractivity contribution in [3.8, 4) is 0 Å². The minimum absolute atomic E-state index is 0.194. The Morgan fingerprint density at radius 1 is 1.39 bits per heavy atom. The average Bonchev–Trinajstić information content (AvgIpc) is 2.36. The molecule has 2 nitrogen and oxygen atoms in total. The van der Waals surface area contributed by atoms with Crippen LogP contribution < -0.4 is 0 Å². The number of likely N-dealkylation sites (tertiary alicyclic amines) is 1. The number of rotatable bonds is 4. The SMILES string of the molecule is OCCC1CCCCN1Cc1cc(Cl)ccc1F. The van der Waals surface area contributed by atoms with Gasteiger partial charge in [0.25, 0.3) is 0 Å². The molecule has 1 unspecified atom stereocenters. The summed E-state index contributed by atoms with van der Waals surface area (Å²) in [4.78, 5) is 2.26. The van der Waals surface area contributed by atoms with Crippen molar-refractivity contribution in [3.63, 3.8) is 0 Å². The largest absolute Gasteiger partial charge is 0.396 e. The normalized spacial score (nSPS) is 21.2. The van der Waals surface area contributed by atoms with Gasteiger partial charge in [-0.3, -0.25) is 4.90 Å². The van der Waals surface area contributed by atoms with Gasteiger partial charge in [-0.05, 0) is 44.0 Å². The highest BCUT2D eigenvalue weighted by atomic mass is 35.5. The van der Waals surface area contributed by atoms with E-state index in [9.17, 15) is 4.39 Å². The van der Waals surface area contributed by atoms with Crippen molar-refractivity contribution in [2.24, 2.45) is 0 Å². The molecule has 0 amide bonds. The van der Waals surface area contributed by atoms with Crippen LogP contribution in [0.1, 0.15) is 31.2 Å². The lowest BCUT2D eigenvalue weighted by atomic mass is 9.99. The van der Waals surface area contributed by atoms with Crippen LogP contribution in [0.15, 0.2) is 18.2 Å². The number of hydrogen-bond donors (Lipinski definition) is 1. The van der Waals surface area contributed by atoms with E-state index in [1.165, 1.54) is 12.5 Å². The van der Waals surface area contributed by atoms with E-state index in [0.717, 1.165) is 25.8 Å². The quantitative estimate of drug-likeness (QED) is 0.909. The lowest BCUT2D eigenvalue weighted by Gasteiger charge is -2.35. The van der Waals surface area contributed by atoms with Gasteiger partial charge in [0.05, 0.1) is 0 Å². The molecule has 1 saturated heterocycles. The van der Waals surface area contributed by atoms with Gasteiger partial charge in [-0.1, -0.05) is 18.0 Å².